The topological polar surface area (TPSA) is 28.7 Å². The molecule has 1 aromatic carbocycles. The summed E-state index contributed by atoms with van der Waals surface area (Å²) in [5, 5.41) is 8.15. The lowest BCUT2D eigenvalue weighted by Crippen LogP contribution is -1.92. The molecule has 0 unspecified atom stereocenters. The second kappa shape index (κ2) is 3.21. The van der Waals surface area contributed by atoms with Crippen LogP contribution in [0.3, 0.4) is 0 Å². The quantitative estimate of drug-likeness (QED) is 0.745. The van der Waals surface area contributed by atoms with Crippen molar-refractivity contribution in [2.45, 2.75) is 20.3 Å². The number of hydrogen-bond acceptors (Lipinski definition) is 1. The van der Waals surface area contributed by atoms with Crippen molar-refractivity contribution < 1.29 is 0 Å². The van der Waals surface area contributed by atoms with Crippen LogP contribution >= 0.6 is 0 Å². The molecule has 0 aliphatic carbocycles. The van der Waals surface area contributed by atoms with Gasteiger partial charge in [-0.25, -0.2) is 0 Å². The monoisotopic (exact) mass is 174 g/mol. The fourth-order valence-electron chi connectivity index (χ4n) is 1.59. The van der Waals surface area contributed by atoms with E-state index < -0.39 is 0 Å². The van der Waals surface area contributed by atoms with Gasteiger partial charge in [-0.3, -0.25) is 5.10 Å². The van der Waals surface area contributed by atoms with Gasteiger partial charge in [0.25, 0.3) is 0 Å². The molecule has 0 fully saturated rings. The van der Waals surface area contributed by atoms with Crippen LogP contribution in [-0.2, 0) is 6.42 Å². The van der Waals surface area contributed by atoms with Crippen LogP contribution in [-0.4, -0.2) is 10.2 Å². The highest BCUT2D eigenvalue weighted by Gasteiger charge is 2.00. The Morgan fingerprint density at radius 3 is 3.00 bits per heavy atom. The normalized spacial score (nSPS) is 11.3. The van der Waals surface area contributed by atoms with Crippen LogP contribution in [0.5, 0.6) is 0 Å². The van der Waals surface area contributed by atoms with Gasteiger partial charge < -0.3 is 0 Å². The number of aromatic nitrogens is 2. The molecule has 0 saturated heterocycles. The Morgan fingerprint density at radius 1 is 1.38 bits per heavy atom. The molecule has 0 aliphatic rings. The van der Waals surface area contributed by atoms with Crippen LogP contribution in [0.15, 0.2) is 24.4 Å². The van der Waals surface area contributed by atoms with Crippen molar-refractivity contribution >= 4 is 10.9 Å². The van der Waals surface area contributed by atoms with Gasteiger partial charge in [-0.05, 0) is 30.0 Å². The maximum atomic E-state index is 4.00. The number of nitrogens with zero attached hydrogens (tertiary/aromatic N) is 1. The Morgan fingerprint density at radius 2 is 2.23 bits per heavy atom. The Kier molecular flexibility index (Phi) is 2.05. The average molecular weight is 174 g/mol. The van der Waals surface area contributed by atoms with Gasteiger partial charge in [-0.1, -0.05) is 19.9 Å². The van der Waals surface area contributed by atoms with Gasteiger partial charge in [-0.2, -0.15) is 5.10 Å². The van der Waals surface area contributed by atoms with Crippen LogP contribution in [0.1, 0.15) is 19.4 Å². The van der Waals surface area contributed by atoms with E-state index in [1.807, 2.05) is 6.20 Å². The van der Waals surface area contributed by atoms with Crippen molar-refractivity contribution in [2.75, 3.05) is 0 Å². The van der Waals surface area contributed by atoms with E-state index in [4.69, 9.17) is 0 Å². The van der Waals surface area contributed by atoms with Gasteiger partial charge in [0.1, 0.15) is 0 Å². The van der Waals surface area contributed by atoms with Gasteiger partial charge in [0.15, 0.2) is 0 Å². The van der Waals surface area contributed by atoms with Crippen LogP contribution in [0, 0.1) is 5.92 Å². The molecule has 2 heteroatoms. The second-order valence-corrected chi connectivity index (χ2v) is 3.89. The summed E-state index contributed by atoms with van der Waals surface area (Å²) < 4.78 is 0. The number of fused-ring (bicyclic) bond motifs is 1. The van der Waals surface area contributed by atoms with Gasteiger partial charge in [0.05, 0.1) is 11.7 Å². The van der Waals surface area contributed by atoms with Crippen molar-refractivity contribution in [3.8, 4) is 0 Å². The summed E-state index contributed by atoms with van der Waals surface area (Å²) in [7, 11) is 0. The molecule has 0 aliphatic heterocycles. The Bertz CT molecular complexity index is 401. The average Bonchev–Trinajstić information content (AvgIpc) is 2.49. The van der Waals surface area contributed by atoms with Crippen molar-refractivity contribution in [3.05, 3.63) is 30.0 Å². The minimum Gasteiger partial charge on any atom is -0.278 e. The van der Waals surface area contributed by atoms with E-state index in [1.54, 1.807) is 0 Å². The smallest absolute Gasteiger partial charge is 0.0650 e. The second-order valence-electron chi connectivity index (χ2n) is 3.89. The van der Waals surface area contributed by atoms with E-state index in [2.05, 4.69) is 42.2 Å². The summed E-state index contributed by atoms with van der Waals surface area (Å²) in [6.07, 6.45) is 3.01. The molecule has 1 N–H and O–H groups in total. The van der Waals surface area contributed by atoms with E-state index in [0.29, 0.717) is 5.92 Å². The minimum atomic E-state index is 0.712. The molecular formula is C11H14N2. The third kappa shape index (κ3) is 1.72. The minimum absolute atomic E-state index is 0.712. The standard InChI is InChI=1S/C11H14N2/c1-8(2)5-9-3-4-11-10(6-9)7-12-13-11/h3-4,6-8H,5H2,1-2H3,(H,12,13). The van der Waals surface area contributed by atoms with Crippen molar-refractivity contribution in [2.24, 2.45) is 5.92 Å². The number of hydrogen-bond donors (Lipinski definition) is 1. The first-order chi connectivity index (χ1) is 6.25. The molecule has 2 rings (SSSR count). The Hall–Kier alpha value is -1.31. The lowest BCUT2D eigenvalue weighted by molar-refractivity contribution is 0.648. The van der Waals surface area contributed by atoms with Crippen molar-refractivity contribution in [1.29, 1.82) is 0 Å². The predicted octanol–water partition coefficient (Wildman–Crippen LogP) is 2.76. The summed E-state index contributed by atoms with van der Waals surface area (Å²) in [5.41, 5.74) is 2.51. The molecule has 0 radical (unpaired) electrons. The molecule has 68 valence electrons. The maximum absolute atomic E-state index is 4.00. The van der Waals surface area contributed by atoms with Gasteiger partial charge in [-0.15, -0.1) is 0 Å². The first-order valence-corrected chi connectivity index (χ1v) is 4.68. The van der Waals surface area contributed by atoms with Crippen LogP contribution in [0.25, 0.3) is 10.9 Å². The summed E-state index contributed by atoms with van der Waals surface area (Å²) in [6.45, 7) is 4.47. The molecule has 2 nitrogen and oxygen atoms in total. The Balaban J connectivity index is 2.37. The molecule has 0 amide bonds. The first kappa shape index (κ1) is 8.30. The highest BCUT2D eigenvalue weighted by molar-refractivity contribution is 5.78. The fourth-order valence-corrected chi connectivity index (χ4v) is 1.59. The zero-order valence-corrected chi connectivity index (χ0v) is 8.04. The van der Waals surface area contributed by atoms with E-state index >= 15 is 0 Å². The van der Waals surface area contributed by atoms with E-state index in [-0.39, 0.29) is 0 Å². The largest absolute Gasteiger partial charge is 0.278 e. The van der Waals surface area contributed by atoms with E-state index in [1.165, 1.54) is 10.9 Å². The third-order valence-electron chi connectivity index (χ3n) is 2.15. The lowest BCUT2D eigenvalue weighted by Gasteiger charge is -2.03. The van der Waals surface area contributed by atoms with E-state index in [9.17, 15) is 0 Å². The third-order valence-corrected chi connectivity index (χ3v) is 2.15. The molecule has 0 atom stereocenters. The summed E-state index contributed by atoms with van der Waals surface area (Å²) in [4.78, 5) is 0. The number of rotatable bonds is 2. The maximum Gasteiger partial charge on any atom is 0.0650 e. The summed E-state index contributed by atoms with van der Waals surface area (Å²) in [6, 6.07) is 6.47. The van der Waals surface area contributed by atoms with Crippen LogP contribution in [0.4, 0.5) is 0 Å². The molecule has 0 spiro atoms. The van der Waals surface area contributed by atoms with Crippen LogP contribution < -0.4 is 0 Å². The van der Waals surface area contributed by atoms with E-state index in [0.717, 1.165) is 11.9 Å². The zero-order valence-electron chi connectivity index (χ0n) is 8.04. The van der Waals surface area contributed by atoms with Crippen molar-refractivity contribution in [1.82, 2.24) is 10.2 Å². The number of H-pyrrole nitrogens is 1. The zero-order chi connectivity index (χ0) is 9.26. The number of benzene rings is 1. The molecule has 1 heterocycles. The predicted molar refractivity (Wildman–Crippen MR) is 54.6 cm³/mol. The van der Waals surface area contributed by atoms with Gasteiger partial charge in [0, 0.05) is 5.39 Å². The SMILES string of the molecule is CC(C)Cc1ccc2[nH]ncc2c1. The summed E-state index contributed by atoms with van der Waals surface area (Å²) >= 11 is 0. The van der Waals surface area contributed by atoms with Crippen molar-refractivity contribution in [3.63, 3.8) is 0 Å². The number of aromatic amines is 1. The molecule has 0 saturated carbocycles. The molecule has 2 aromatic rings. The van der Waals surface area contributed by atoms with Gasteiger partial charge in [0.2, 0.25) is 0 Å². The summed E-state index contributed by atoms with van der Waals surface area (Å²) in [5.74, 6) is 0.712. The Labute approximate surface area is 78.0 Å². The molecule has 13 heavy (non-hydrogen) atoms. The molecular weight excluding hydrogens is 160 g/mol. The lowest BCUT2D eigenvalue weighted by atomic mass is 10.0. The fraction of sp³-hybridized carbons (Fsp3) is 0.364. The number of nitrogens with one attached hydrogen (secondary N) is 1. The molecule has 1 aromatic heterocycles. The van der Waals surface area contributed by atoms with Crippen LogP contribution in [0.2, 0.25) is 0 Å². The first-order valence-electron chi connectivity index (χ1n) is 4.68. The highest BCUT2D eigenvalue weighted by atomic mass is 15.1. The molecule has 0 bridgehead atoms. The highest BCUT2D eigenvalue weighted by Crippen LogP contribution is 2.15. The van der Waals surface area contributed by atoms with Gasteiger partial charge >= 0.3 is 0 Å².